The van der Waals surface area contributed by atoms with E-state index in [1.54, 1.807) is 40.7 Å². The van der Waals surface area contributed by atoms with Crippen LogP contribution in [0.2, 0.25) is 0 Å². The predicted molar refractivity (Wildman–Crippen MR) is 78.9 cm³/mol. The zero-order valence-corrected chi connectivity index (χ0v) is 13.2. The molecule has 0 spiro atoms. The van der Waals surface area contributed by atoms with Crippen LogP contribution >= 0.6 is 0 Å². The molecule has 0 aliphatic heterocycles. The molecular formula is C13H21N3O3S. The van der Waals surface area contributed by atoms with Crippen molar-refractivity contribution in [2.75, 3.05) is 5.73 Å². The third-order valence-electron chi connectivity index (χ3n) is 2.55. The highest BCUT2D eigenvalue weighted by Crippen LogP contribution is 2.22. The van der Waals surface area contributed by atoms with Crippen LogP contribution < -0.4 is 15.8 Å². The Morgan fingerprint density at radius 1 is 1.20 bits per heavy atom. The maximum Gasteiger partial charge on any atom is 0.329 e. The third kappa shape index (κ3) is 4.12. The number of nitrogens with two attached hydrogens (primary N) is 1. The third-order valence-corrected chi connectivity index (χ3v) is 4.01. The average Bonchev–Trinajstić information content (AvgIpc) is 2.19. The smallest absolute Gasteiger partial charge is 0.329 e. The van der Waals surface area contributed by atoms with Crippen molar-refractivity contribution in [1.29, 1.82) is 0 Å². The lowest BCUT2D eigenvalue weighted by molar-refractivity contribution is 0.237. The van der Waals surface area contributed by atoms with Crippen LogP contribution in [0.15, 0.2) is 17.0 Å². The Hall–Kier alpha value is -1.76. The summed E-state index contributed by atoms with van der Waals surface area (Å²) in [7, 11) is -3.95. The van der Waals surface area contributed by atoms with Crippen molar-refractivity contribution >= 4 is 21.7 Å². The van der Waals surface area contributed by atoms with Gasteiger partial charge in [-0.05, 0) is 57.9 Å². The molecule has 0 aliphatic carbocycles. The molecule has 4 N–H and O–H groups in total. The lowest BCUT2D eigenvalue weighted by Gasteiger charge is -2.21. The van der Waals surface area contributed by atoms with Crippen molar-refractivity contribution in [2.24, 2.45) is 0 Å². The molecule has 1 aromatic carbocycles. The van der Waals surface area contributed by atoms with E-state index in [9.17, 15) is 13.2 Å². The summed E-state index contributed by atoms with van der Waals surface area (Å²) >= 11 is 0. The molecule has 1 aromatic rings. The van der Waals surface area contributed by atoms with Gasteiger partial charge in [0.2, 0.25) is 0 Å². The van der Waals surface area contributed by atoms with Crippen molar-refractivity contribution < 1.29 is 13.2 Å². The number of carbonyl (C=O) groups excluding carboxylic acids is 1. The van der Waals surface area contributed by atoms with Gasteiger partial charge in [0.15, 0.2) is 0 Å². The Bertz CT molecular complexity index is 631. The van der Waals surface area contributed by atoms with Crippen LogP contribution in [-0.2, 0) is 10.0 Å². The number of anilines is 1. The quantitative estimate of drug-likeness (QED) is 0.723. The number of nitrogens with one attached hydrogen (secondary N) is 2. The van der Waals surface area contributed by atoms with Gasteiger partial charge in [0.25, 0.3) is 10.0 Å². The number of amides is 2. The SMILES string of the molecule is Cc1cc(N)c(C)c(S(=O)(=O)NC(=O)NC(C)(C)C)c1. The summed E-state index contributed by atoms with van der Waals surface area (Å²) in [6, 6.07) is 2.40. The normalized spacial score (nSPS) is 12.1. The highest BCUT2D eigenvalue weighted by atomic mass is 32.2. The number of aryl methyl sites for hydroxylation is 1. The fourth-order valence-corrected chi connectivity index (χ4v) is 2.94. The van der Waals surface area contributed by atoms with E-state index in [1.165, 1.54) is 6.07 Å². The monoisotopic (exact) mass is 299 g/mol. The van der Waals surface area contributed by atoms with Gasteiger partial charge in [0.1, 0.15) is 0 Å². The van der Waals surface area contributed by atoms with E-state index in [1.807, 2.05) is 4.72 Å². The minimum Gasteiger partial charge on any atom is -0.398 e. The van der Waals surface area contributed by atoms with Crippen LogP contribution in [0.3, 0.4) is 0 Å². The molecule has 0 bridgehead atoms. The maximum absolute atomic E-state index is 12.2. The first kappa shape index (κ1) is 16.3. The van der Waals surface area contributed by atoms with E-state index in [2.05, 4.69) is 5.32 Å². The summed E-state index contributed by atoms with van der Waals surface area (Å²) in [5.74, 6) is 0. The zero-order chi connectivity index (χ0) is 15.7. The van der Waals surface area contributed by atoms with Crippen LogP contribution in [-0.4, -0.2) is 20.0 Å². The Labute approximate surface area is 119 Å². The summed E-state index contributed by atoms with van der Waals surface area (Å²) in [5.41, 5.74) is 6.74. The highest BCUT2D eigenvalue weighted by molar-refractivity contribution is 7.90. The van der Waals surface area contributed by atoms with E-state index in [0.29, 0.717) is 16.8 Å². The second kappa shape index (κ2) is 5.32. The van der Waals surface area contributed by atoms with E-state index in [0.717, 1.165) is 0 Å². The highest BCUT2D eigenvalue weighted by Gasteiger charge is 2.23. The Balaban J connectivity index is 3.10. The molecule has 0 fully saturated rings. The number of rotatable bonds is 2. The lowest BCUT2D eigenvalue weighted by Crippen LogP contribution is -2.48. The molecule has 0 atom stereocenters. The van der Waals surface area contributed by atoms with E-state index < -0.39 is 21.6 Å². The molecule has 0 aliphatic rings. The van der Waals surface area contributed by atoms with Crippen LogP contribution in [0.5, 0.6) is 0 Å². The molecule has 7 heteroatoms. The number of hydrogen-bond donors (Lipinski definition) is 3. The fraction of sp³-hybridized carbons (Fsp3) is 0.462. The van der Waals surface area contributed by atoms with Gasteiger partial charge < -0.3 is 11.1 Å². The summed E-state index contributed by atoms with van der Waals surface area (Å²) in [6.45, 7) is 8.62. The van der Waals surface area contributed by atoms with E-state index in [-0.39, 0.29) is 4.90 Å². The van der Waals surface area contributed by atoms with Crippen molar-refractivity contribution in [3.05, 3.63) is 23.3 Å². The van der Waals surface area contributed by atoms with Gasteiger partial charge in [-0.25, -0.2) is 17.9 Å². The van der Waals surface area contributed by atoms with Gasteiger partial charge in [0.05, 0.1) is 4.90 Å². The van der Waals surface area contributed by atoms with Crippen LogP contribution in [0, 0.1) is 13.8 Å². The molecule has 0 heterocycles. The number of urea groups is 1. The summed E-state index contributed by atoms with van der Waals surface area (Å²) < 4.78 is 26.4. The Morgan fingerprint density at radius 2 is 1.75 bits per heavy atom. The molecule has 112 valence electrons. The Morgan fingerprint density at radius 3 is 2.25 bits per heavy atom. The molecule has 6 nitrogen and oxygen atoms in total. The molecule has 0 unspecified atom stereocenters. The second-order valence-electron chi connectivity index (χ2n) is 5.79. The molecular weight excluding hydrogens is 278 g/mol. The van der Waals surface area contributed by atoms with Crippen molar-refractivity contribution in [2.45, 2.75) is 45.1 Å². The molecule has 20 heavy (non-hydrogen) atoms. The number of sulfonamides is 1. The van der Waals surface area contributed by atoms with E-state index >= 15 is 0 Å². The lowest BCUT2D eigenvalue weighted by atomic mass is 10.1. The number of benzene rings is 1. The molecule has 0 aromatic heterocycles. The Kier molecular flexibility index (Phi) is 4.33. The van der Waals surface area contributed by atoms with Gasteiger partial charge in [0, 0.05) is 11.2 Å². The summed E-state index contributed by atoms with van der Waals surface area (Å²) in [6.07, 6.45) is 0. The zero-order valence-electron chi connectivity index (χ0n) is 12.4. The van der Waals surface area contributed by atoms with Crippen molar-refractivity contribution in [3.8, 4) is 0 Å². The van der Waals surface area contributed by atoms with Crippen LogP contribution in [0.1, 0.15) is 31.9 Å². The van der Waals surface area contributed by atoms with Gasteiger partial charge in [-0.3, -0.25) is 0 Å². The fourth-order valence-electron chi connectivity index (χ4n) is 1.67. The average molecular weight is 299 g/mol. The second-order valence-corrected chi connectivity index (χ2v) is 7.44. The number of carbonyl (C=O) groups is 1. The summed E-state index contributed by atoms with van der Waals surface area (Å²) in [4.78, 5) is 11.7. The molecule has 2 amide bonds. The minimum absolute atomic E-state index is 0.0130. The van der Waals surface area contributed by atoms with Gasteiger partial charge in [-0.15, -0.1) is 0 Å². The summed E-state index contributed by atoms with van der Waals surface area (Å²) in [5, 5.41) is 2.53. The van der Waals surface area contributed by atoms with Crippen molar-refractivity contribution in [1.82, 2.24) is 10.0 Å². The molecule has 0 radical (unpaired) electrons. The first-order valence-electron chi connectivity index (χ1n) is 6.14. The number of hydrogen-bond acceptors (Lipinski definition) is 4. The molecule has 0 saturated heterocycles. The first-order valence-corrected chi connectivity index (χ1v) is 7.62. The van der Waals surface area contributed by atoms with Gasteiger partial charge in [-0.1, -0.05) is 0 Å². The minimum atomic E-state index is -3.95. The largest absolute Gasteiger partial charge is 0.398 e. The molecule has 1 rings (SSSR count). The van der Waals surface area contributed by atoms with Crippen LogP contribution in [0.4, 0.5) is 10.5 Å². The van der Waals surface area contributed by atoms with E-state index in [4.69, 9.17) is 5.73 Å². The number of nitrogen functional groups attached to an aromatic ring is 1. The van der Waals surface area contributed by atoms with Crippen LogP contribution in [0.25, 0.3) is 0 Å². The predicted octanol–water partition coefficient (Wildman–Crippen LogP) is 1.67. The van der Waals surface area contributed by atoms with Crippen molar-refractivity contribution in [3.63, 3.8) is 0 Å². The van der Waals surface area contributed by atoms with Gasteiger partial charge >= 0.3 is 6.03 Å². The molecule has 0 saturated carbocycles. The maximum atomic E-state index is 12.2. The first-order chi connectivity index (χ1) is 8.92. The van der Waals surface area contributed by atoms with Gasteiger partial charge in [-0.2, -0.15) is 0 Å². The topological polar surface area (TPSA) is 101 Å². The standard InChI is InChI=1S/C13H21N3O3S/c1-8-6-10(14)9(2)11(7-8)20(18,19)16-12(17)15-13(3,4)5/h6-7H,14H2,1-5H3,(H2,15,16,17).